The van der Waals surface area contributed by atoms with Crippen molar-refractivity contribution in [1.82, 2.24) is 9.71 Å². The smallest absolute Gasteiger partial charge is 0.216 e. The second-order valence-corrected chi connectivity index (χ2v) is 7.99. The zero-order valence-electron chi connectivity index (χ0n) is 12.1. The molecule has 23 heavy (non-hydrogen) atoms. The Hall–Kier alpha value is -1.58. The molecule has 0 spiro atoms. The van der Waals surface area contributed by atoms with Crippen LogP contribution >= 0.6 is 11.3 Å². The maximum absolute atomic E-state index is 13.6. The highest BCUT2D eigenvalue weighted by Gasteiger charge is 2.28. The Morgan fingerprint density at radius 3 is 2.96 bits per heavy atom. The van der Waals surface area contributed by atoms with Gasteiger partial charge in [-0.05, 0) is 24.6 Å². The maximum atomic E-state index is 13.6. The van der Waals surface area contributed by atoms with E-state index in [1.54, 1.807) is 6.20 Å². The number of benzene rings is 1. The lowest BCUT2D eigenvalue weighted by Gasteiger charge is -2.16. The number of anilines is 1. The normalized spacial score (nSPS) is 18.5. The molecule has 0 radical (unpaired) electrons. The monoisotopic (exact) mass is 359 g/mol. The fourth-order valence-electron chi connectivity index (χ4n) is 2.56. The number of nitrogens with zero attached hydrogens (tertiary/aromatic N) is 2. The van der Waals surface area contributed by atoms with Gasteiger partial charge in [0, 0.05) is 36.3 Å². The average molecular weight is 359 g/mol. The molecule has 1 aromatic carbocycles. The Bertz CT molecular complexity index is 781. The Morgan fingerprint density at radius 1 is 1.39 bits per heavy atom. The third kappa shape index (κ3) is 4.04. The Morgan fingerprint density at radius 2 is 2.22 bits per heavy atom. The summed E-state index contributed by atoms with van der Waals surface area (Å²) in [7, 11) is -3.75. The van der Waals surface area contributed by atoms with Crippen LogP contribution in [-0.4, -0.2) is 32.5 Å². The molecular weight excluding hydrogens is 344 g/mol. The number of hydrogen-bond acceptors (Lipinski definition) is 5. The highest BCUT2D eigenvalue weighted by Crippen LogP contribution is 2.23. The standard InChI is InChI=1S/C14H15F2N3O2S2/c15-11-1-2-13(16)10(7-11)9-23(20,21)18-12-3-5-19(8-12)14-17-4-6-22-14/h1-2,4,6-7,12,18H,3,5,8-9H2. The van der Waals surface area contributed by atoms with E-state index in [-0.39, 0.29) is 11.6 Å². The molecule has 1 atom stereocenters. The summed E-state index contributed by atoms with van der Waals surface area (Å²) in [6.07, 6.45) is 2.34. The van der Waals surface area contributed by atoms with E-state index in [0.29, 0.717) is 19.5 Å². The summed E-state index contributed by atoms with van der Waals surface area (Å²) in [4.78, 5) is 6.19. The molecule has 1 N–H and O–H groups in total. The SMILES string of the molecule is O=S(=O)(Cc1cc(F)ccc1F)NC1CCN(c2nccs2)C1. The number of nitrogens with one attached hydrogen (secondary N) is 1. The van der Waals surface area contributed by atoms with E-state index >= 15 is 0 Å². The average Bonchev–Trinajstić information content (AvgIpc) is 3.12. The van der Waals surface area contributed by atoms with Crippen molar-refractivity contribution in [3.8, 4) is 0 Å². The van der Waals surface area contributed by atoms with E-state index in [1.807, 2.05) is 10.3 Å². The molecule has 124 valence electrons. The quantitative estimate of drug-likeness (QED) is 0.888. The van der Waals surface area contributed by atoms with Gasteiger partial charge in [-0.2, -0.15) is 0 Å². The van der Waals surface area contributed by atoms with Crippen molar-refractivity contribution in [3.05, 3.63) is 47.0 Å². The molecule has 1 aliphatic rings. The maximum Gasteiger partial charge on any atom is 0.216 e. The van der Waals surface area contributed by atoms with E-state index < -0.39 is 27.4 Å². The number of hydrogen-bond donors (Lipinski definition) is 1. The molecule has 1 unspecified atom stereocenters. The summed E-state index contributed by atoms with van der Waals surface area (Å²) >= 11 is 1.49. The number of aromatic nitrogens is 1. The molecule has 1 fully saturated rings. The van der Waals surface area contributed by atoms with Gasteiger partial charge in [-0.1, -0.05) is 0 Å². The summed E-state index contributed by atoms with van der Waals surface area (Å²) < 4.78 is 53.7. The summed E-state index contributed by atoms with van der Waals surface area (Å²) in [5.41, 5.74) is -0.174. The van der Waals surface area contributed by atoms with Crippen molar-refractivity contribution in [1.29, 1.82) is 0 Å². The number of sulfonamides is 1. The summed E-state index contributed by atoms with van der Waals surface area (Å²) in [5, 5.41) is 2.71. The Kier molecular flexibility index (Phi) is 4.60. The summed E-state index contributed by atoms with van der Waals surface area (Å²) in [6.45, 7) is 1.22. The van der Waals surface area contributed by atoms with Crippen molar-refractivity contribution in [2.24, 2.45) is 0 Å². The van der Waals surface area contributed by atoms with Crippen molar-refractivity contribution >= 4 is 26.5 Å². The Balaban J connectivity index is 1.64. The lowest BCUT2D eigenvalue weighted by atomic mass is 10.2. The molecule has 0 amide bonds. The second kappa shape index (κ2) is 6.50. The third-order valence-electron chi connectivity index (χ3n) is 3.58. The minimum Gasteiger partial charge on any atom is -0.346 e. The predicted molar refractivity (Wildman–Crippen MR) is 84.8 cm³/mol. The van der Waals surface area contributed by atoms with Crippen LogP contribution in [0.25, 0.3) is 0 Å². The van der Waals surface area contributed by atoms with Gasteiger partial charge in [0.05, 0.1) is 5.75 Å². The first kappa shape index (κ1) is 16.3. The van der Waals surface area contributed by atoms with Crippen molar-refractivity contribution in [2.75, 3.05) is 18.0 Å². The van der Waals surface area contributed by atoms with E-state index in [2.05, 4.69) is 9.71 Å². The molecule has 3 rings (SSSR count). The predicted octanol–water partition coefficient (Wildman–Crippen LogP) is 2.12. The molecule has 5 nitrogen and oxygen atoms in total. The van der Waals surface area contributed by atoms with Gasteiger partial charge in [-0.25, -0.2) is 26.9 Å². The van der Waals surface area contributed by atoms with Crippen LogP contribution in [0.15, 0.2) is 29.8 Å². The van der Waals surface area contributed by atoms with Crippen molar-refractivity contribution in [3.63, 3.8) is 0 Å². The number of rotatable bonds is 5. The molecule has 1 aliphatic heterocycles. The fourth-order valence-corrected chi connectivity index (χ4v) is 4.65. The lowest BCUT2D eigenvalue weighted by molar-refractivity contribution is 0.554. The van der Waals surface area contributed by atoms with Crippen LogP contribution in [0, 0.1) is 11.6 Å². The number of halogens is 2. The third-order valence-corrected chi connectivity index (χ3v) is 5.79. The highest BCUT2D eigenvalue weighted by molar-refractivity contribution is 7.88. The molecule has 0 saturated carbocycles. The first-order valence-corrected chi connectivity index (χ1v) is 9.54. The molecule has 0 bridgehead atoms. The molecular formula is C14H15F2N3O2S2. The van der Waals surface area contributed by atoms with Crippen molar-refractivity contribution in [2.45, 2.75) is 18.2 Å². The van der Waals surface area contributed by atoms with Crippen LogP contribution in [0.5, 0.6) is 0 Å². The van der Waals surface area contributed by atoms with E-state index in [4.69, 9.17) is 0 Å². The van der Waals surface area contributed by atoms with Crippen LogP contribution in [0.1, 0.15) is 12.0 Å². The van der Waals surface area contributed by atoms with Gasteiger partial charge in [-0.3, -0.25) is 0 Å². The molecule has 2 aromatic rings. The fraction of sp³-hybridized carbons (Fsp3) is 0.357. The molecule has 9 heteroatoms. The van der Waals surface area contributed by atoms with Crippen LogP contribution in [0.4, 0.5) is 13.9 Å². The van der Waals surface area contributed by atoms with Crippen LogP contribution < -0.4 is 9.62 Å². The van der Waals surface area contributed by atoms with Gasteiger partial charge < -0.3 is 4.90 Å². The van der Waals surface area contributed by atoms with Gasteiger partial charge in [0.2, 0.25) is 10.0 Å². The minimum absolute atomic E-state index is 0.174. The van der Waals surface area contributed by atoms with Crippen LogP contribution in [-0.2, 0) is 15.8 Å². The summed E-state index contributed by atoms with van der Waals surface area (Å²) in [6, 6.07) is 2.53. The van der Waals surface area contributed by atoms with Crippen molar-refractivity contribution < 1.29 is 17.2 Å². The topological polar surface area (TPSA) is 62.3 Å². The van der Waals surface area contributed by atoms with Crippen LogP contribution in [0.2, 0.25) is 0 Å². The zero-order chi connectivity index (χ0) is 16.4. The lowest BCUT2D eigenvalue weighted by Crippen LogP contribution is -2.37. The van der Waals surface area contributed by atoms with Gasteiger partial charge in [0.25, 0.3) is 0 Å². The van der Waals surface area contributed by atoms with Gasteiger partial charge >= 0.3 is 0 Å². The zero-order valence-corrected chi connectivity index (χ0v) is 13.7. The molecule has 1 aromatic heterocycles. The minimum atomic E-state index is -3.75. The summed E-state index contributed by atoms with van der Waals surface area (Å²) in [5.74, 6) is -1.97. The number of thiazole rings is 1. The van der Waals surface area contributed by atoms with Crippen LogP contribution in [0.3, 0.4) is 0 Å². The molecule has 0 aliphatic carbocycles. The van der Waals surface area contributed by atoms with Gasteiger partial charge in [0.1, 0.15) is 11.6 Å². The second-order valence-electron chi connectivity index (χ2n) is 5.36. The first-order valence-electron chi connectivity index (χ1n) is 7.01. The Labute approximate surface area is 137 Å². The van der Waals surface area contributed by atoms with E-state index in [0.717, 1.165) is 23.3 Å². The highest BCUT2D eigenvalue weighted by atomic mass is 32.2. The van der Waals surface area contributed by atoms with E-state index in [9.17, 15) is 17.2 Å². The largest absolute Gasteiger partial charge is 0.346 e. The first-order chi connectivity index (χ1) is 10.9. The molecule has 2 heterocycles. The van der Waals surface area contributed by atoms with Gasteiger partial charge in [0.15, 0.2) is 5.13 Å². The van der Waals surface area contributed by atoms with Gasteiger partial charge in [-0.15, -0.1) is 11.3 Å². The molecule has 1 saturated heterocycles. The van der Waals surface area contributed by atoms with E-state index in [1.165, 1.54) is 11.3 Å².